The van der Waals surface area contributed by atoms with Crippen molar-refractivity contribution in [1.82, 2.24) is 45.2 Å². The van der Waals surface area contributed by atoms with Gasteiger partial charge in [-0.2, -0.15) is 0 Å². The Balaban J connectivity index is 1.19. The van der Waals surface area contributed by atoms with E-state index in [4.69, 9.17) is 19.9 Å². The summed E-state index contributed by atoms with van der Waals surface area (Å²) >= 11 is 0. The fraction of sp³-hybridized carbons (Fsp3) is 0.353. The van der Waals surface area contributed by atoms with Crippen molar-refractivity contribution in [3.05, 3.63) is 139 Å². The monoisotopic (exact) mass is 1150 g/mol. The van der Waals surface area contributed by atoms with Crippen LogP contribution in [-0.4, -0.2) is 84.2 Å². The number of aromatic amines is 4. The molecule has 6 aromatic heterocycles. The topological polar surface area (TPSA) is 276 Å². The zero-order valence-corrected chi connectivity index (χ0v) is 50.6. The van der Waals surface area contributed by atoms with Crippen molar-refractivity contribution >= 4 is 113 Å². The van der Waals surface area contributed by atoms with Crippen molar-refractivity contribution in [2.24, 2.45) is 0 Å². The highest BCUT2D eigenvalue weighted by molar-refractivity contribution is 5.99. The number of fused-ring (bicyclic) bond motifs is 16. The SMILES string of the molecule is CCc1c(C)c2cc3nc(cc4nc(cc5[nH]c(cc1[nH]2)c(C)c5C(C)NC(C)c1c(C)c2cc5[nH]c(cc6nc(cc7nc(cc1[nH]2)C(C)=C7CCC(=O)O)C(CCC(=O)O)=C6C)c(C)c5CC)C(C)=C4CCC(=O)O)C(CCC(=O)O)=C3C. The minimum atomic E-state index is -0.930. The van der Waals surface area contributed by atoms with Crippen LogP contribution in [0, 0.1) is 27.7 Å². The van der Waals surface area contributed by atoms with Crippen molar-refractivity contribution in [1.29, 1.82) is 0 Å². The number of aryl methyl sites for hydroxylation is 6. The van der Waals surface area contributed by atoms with E-state index in [-0.39, 0.29) is 63.5 Å². The molecule has 17 nitrogen and oxygen atoms in total. The third-order valence-electron chi connectivity index (χ3n) is 17.9. The summed E-state index contributed by atoms with van der Waals surface area (Å²) in [6.45, 7) is 24.9. The van der Waals surface area contributed by atoms with E-state index >= 15 is 0 Å². The molecule has 85 heavy (non-hydrogen) atoms. The molecule has 4 aliphatic rings. The largest absolute Gasteiger partial charge is 0.481 e. The lowest BCUT2D eigenvalue weighted by molar-refractivity contribution is -0.137. The summed E-state index contributed by atoms with van der Waals surface area (Å²) in [6, 6.07) is 15.7. The fourth-order valence-electron chi connectivity index (χ4n) is 13.1. The van der Waals surface area contributed by atoms with Gasteiger partial charge in [0.25, 0.3) is 0 Å². The Hall–Kier alpha value is -8.96. The standard InChI is InChI=1S/C68H75N9O8/c1-13-41-31(3)47-23-49-33(5)43(15-19-63(78)79)57(72-49)29-59-45(17-21-65(82)83)35(7)51(74-59)27-61-67(37(9)53(76-61)25-55(41)70-47)39(11)69-40(12)68-38(10)54-26-56-42(14-2)32(4)48(71-56)24-50-34(6)44(16-20-64(80)81)58(73-50)30-60-46(18-22-66(84)85)36(8)52(75-60)28-62(68)77-54/h23-30,39-40,69-71,76-77H,13-22H2,1-12H3,(H,78,79)(H,80,81)(H,82,83)(H,84,85). The molecule has 0 spiro atoms. The Bertz CT molecular complexity index is 4070. The molecule has 6 aromatic rings. The number of rotatable bonds is 18. The molecule has 17 heteroatoms. The smallest absolute Gasteiger partial charge is 0.303 e. The molecule has 0 fully saturated rings. The number of hydrogen-bond donors (Lipinski definition) is 9. The number of aromatic nitrogens is 8. The molecule has 0 amide bonds. The fourth-order valence-corrected chi connectivity index (χ4v) is 13.1. The summed E-state index contributed by atoms with van der Waals surface area (Å²) in [4.78, 5) is 84.1. The minimum absolute atomic E-state index is 0.0833. The predicted octanol–water partition coefficient (Wildman–Crippen LogP) is 14.9. The van der Waals surface area contributed by atoms with Gasteiger partial charge in [-0.3, -0.25) is 19.2 Å². The molecule has 0 saturated carbocycles. The average molecular weight is 1150 g/mol. The predicted molar refractivity (Wildman–Crippen MR) is 337 cm³/mol. The molecule has 0 aliphatic carbocycles. The minimum Gasteiger partial charge on any atom is -0.481 e. The van der Waals surface area contributed by atoms with Crippen LogP contribution >= 0.6 is 0 Å². The molecule has 16 bridgehead atoms. The van der Waals surface area contributed by atoms with Crippen molar-refractivity contribution in [2.45, 2.75) is 159 Å². The van der Waals surface area contributed by atoms with Crippen LogP contribution in [0.5, 0.6) is 0 Å². The quantitative estimate of drug-likeness (QED) is 0.0388. The normalized spacial score (nSPS) is 14.3. The van der Waals surface area contributed by atoms with Gasteiger partial charge >= 0.3 is 23.9 Å². The van der Waals surface area contributed by atoms with Gasteiger partial charge in [0.2, 0.25) is 0 Å². The van der Waals surface area contributed by atoms with Crippen molar-refractivity contribution in [2.75, 3.05) is 0 Å². The molecular weight excluding hydrogens is 1070 g/mol. The summed E-state index contributed by atoms with van der Waals surface area (Å²) in [7, 11) is 0. The third kappa shape index (κ3) is 11.4. The molecule has 0 aromatic carbocycles. The van der Waals surface area contributed by atoms with E-state index in [0.717, 1.165) is 157 Å². The highest BCUT2D eigenvalue weighted by Gasteiger charge is 2.28. The highest BCUT2D eigenvalue weighted by Crippen LogP contribution is 2.42. The second kappa shape index (κ2) is 23.6. The number of carboxylic acid groups (broad SMARTS) is 4. The first kappa shape index (κ1) is 59.2. The number of nitrogens with zero attached hydrogens (tertiary/aromatic N) is 4. The van der Waals surface area contributed by atoms with Gasteiger partial charge in [0.1, 0.15) is 0 Å². The maximum absolute atomic E-state index is 12.2. The number of H-pyrrole nitrogens is 4. The van der Waals surface area contributed by atoms with E-state index in [1.54, 1.807) is 0 Å². The van der Waals surface area contributed by atoms with Gasteiger partial charge in [0, 0.05) is 81.9 Å². The number of allylic oxidation sites excluding steroid dienone is 8. The van der Waals surface area contributed by atoms with Gasteiger partial charge < -0.3 is 45.7 Å². The molecule has 2 unspecified atom stereocenters. The summed E-state index contributed by atoms with van der Waals surface area (Å²) in [5.74, 6) is -3.69. The van der Waals surface area contributed by atoms with Gasteiger partial charge in [0.15, 0.2) is 0 Å². The number of nitrogens with one attached hydrogen (secondary N) is 5. The Morgan fingerprint density at radius 1 is 0.376 bits per heavy atom. The molecule has 10 heterocycles. The van der Waals surface area contributed by atoms with Crippen molar-refractivity contribution in [3.8, 4) is 0 Å². The Kier molecular flexibility index (Phi) is 16.4. The second-order valence-electron chi connectivity index (χ2n) is 23.1. The molecular formula is C68H75N9O8. The van der Waals surface area contributed by atoms with E-state index in [9.17, 15) is 39.6 Å². The third-order valence-corrected chi connectivity index (χ3v) is 17.9. The first-order valence-electron chi connectivity index (χ1n) is 29.4. The maximum atomic E-state index is 12.2. The van der Waals surface area contributed by atoms with E-state index in [0.29, 0.717) is 34.2 Å². The van der Waals surface area contributed by atoms with Crippen LogP contribution in [0.1, 0.15) is 209 Å². The van der Waals surface area contributed by atoms with Crippen molar-refractivity contribution < 1.29 is 39.6 Å². The van der Waals surface area contributed by atoms with Gasteiger partial charge in [-0.15, -0.1) is 0 Å². The van der Waals surface area contributed by atoms with Gasteiger partial charge in [-0.05, 0) is 245 Å². The van der Waals surface area contributed by atoms with Crippen LogP contribution < -0.4 is 5.32 Å². The van der Waals surface area contributed by atoms with E-state index in [1.807, 2.05) is 52.0 Å². The van der Waals surface area contributed by atoms with Crippen LogP contribution in [0.3, 0.4) is 0 Å². The number of hydrogen-bond acceptors (Lipinski definition) is 9. The molecule has 0 radical (unpaired) electrons. The number of carbonyl (C=O) groups is 4. The van der Waals surface area contributed by atoms with Gasteiger partial charge in [-0.1, -0.05) is 13.8 Å². The number of aliphatic carboxylic acids is 4. The van der Waals surface area contributed by atoms with Crippen LogP contribution in [0.15, 0.2) is 48.5 Å². The van der Waals surface area contributed by atoms with E-state index in [1.165, 1.54) is 0 Å². The van der Waals surface area contributed by atoms with Crippen LogP contribution in [-0.2, 0) is 32.0 Å². The molecule has 440 valence electrons. The summed E-state index contributed by atoms with van der Waals surface area (Å²) in [6.07, 6.45) is 2.12. The summed E-state index contributed by atoms with van der Waals surface area (Å²) < 4.78 is 0. The van der Waals surface area contributed by atoms with Crippen LogP contribution in [0.4, 0.5) is 0 Å². The van der Waals surface area contributed by atoms with Crippen LogP contribution in [0.2, 0.25) is 0 Å². The van der Waals surface area contributed by atoms with Gasteiger partial charge in [0.05, 0.1) is 45.6 Å². The summed E-state index contributed by atoms with van der Waals surface area (Å²) in [5, 5.41) is 43.6. The molecule has 0 saturated heterocycles. The highest BCUT2D eigenvalue weighted by atomic mass is 16.4. The summed E-state index contributed by atoms with van der Waals surface area (Å²) in [5.41, 5.74) is 27.5. The van der Waals surface area contributed by atoms with E-state index in [2.05, 4.69) is 105 Å². The lowest BCUT2D eigenvalue weighted by Crippen LogP contribution is -2.23. The lowest BCUT2D eigenvalue weighted by Gasteiger charge is -2.21. The molecule has 4 aliphatic heterocycles. The van der Waals surface area contributed by atoms with Gasteiger partial charge in [-0.25, -0.2) is 19.9 Å². The lowest BCUT2D eigenvalue weighted by atomic mass is 9.97. The Labute approximate surface area is 493 Å². The molecule has 9 N–H and O–H groups in total. The Morgan fingerprint density at radius 2 is 0.635 bits per heavy atom. The maximum Gasteiger partial charge on any atom is 0.303 e. The molecule has 2 atom stereocenters. The number of carboxylic acids is 4. The molecule has 10 rings (SSSR count). The van der Waals surface area contributed by atoms with Crippen LogP contribution in [0.25, 0.3) is 88.7 Å². The average Bonchev–Trinajstić information content (AvgIpc) is 4.17. The first-order chi connectivity index (χ1) is 40.4. The first-order valence-corrected chi connectivity index (χ1v) is 29.4. The second-order valence-corrected chi connectivity index (χ2v) is 23.1. The zero-order valence-electron chi connectivity index (χ0n) is 50.6. The van der Waals surface area contributed by atoms with E-state index < -0.39 is 23.9 Å². The Morgan fingerprint density at radius 3 is 0.906 bits per heavy atom. The van der Waals surface area contributed by atoms with Crippen molar-refractivity contribution in [3.63, 3.8) is 0 Å². The zero-order chi connectivity index (χ0) is 61.0.